The molecule has 0 spiro atoms. The second-order valence-electron chi connectivity index (χ2n) is 16.0. The van der Waals surface area contributed by atoms with Crippen LogP contribution in [0, 0.1) is 12.8 Å². The molecule has 1 aliphatic carbocycles. The van der Waals surface area contributed by atoms with Crippen LogP contribution in [-0.4, -0.2) is 121 Å². The van der Waals surface area contributed by atoms with E-state index in [2.05, 4.69) is 31.2 Å². The van der Waals surface area contributed by atoms with Gasteiger partial charge in [0.05, 0.1) is 51.2 Å². The van der Waals surface area contributed by atoms with Crippen molar-refractivity contribution in [3.63, 3.8) is 0 Å². The van der Waals surface area contributed by atoms with Crippen molar-refractivity contribution >= 4 is 49.0 Å². The number of likely N-dealkylation sites (N-methyl/N-ethyl adjacent to an activating group) is 1. The summed E-state index contributed by atoms with van der Waals surface area (Å²) in [6.45, 7) is 7.26. The second-order valence-corrected chi connectivity index (χ2v) is 19.2. The third-order valence-corrected chi connectivity index (χ3v) is 14.0. The average molecular weight is 938 g/mol. The first-order chi connectivity index (χ1) is 31.4. The summed E-state index contributed by atoms with van der Waals surface area (Å²) < 4.78 is 55.0. The van der Waals surface area contributed by atoms with Crippen molar-refractivity contribution in [2.24, 2.45) is 5.92 Å². The normalized spacial score (nSPS) is 17.3. The first kappa shape index (κ1) is 45.8. The van der Waals surface area contributed by atoms with E-state index in [9.17, 15) is 18.3 Å². The molecule has 8 rings (SSSR count). The van der Waals surface area contributed by atoms with Gasteiger partial charge in [0.25, 0.3) is 0 Å². The number of benzene rings is 3. The first-order valence-corrected chi connectivity index (χ1v) is 24.2. The molecule has 2 aliphatic rings. The molecule has 14 nitrogen and oxygen atoms in total. The summed E-state index contributed by atoms with van der Waals surface area (Å²) in [5.41, 5.74) is 4.48. The lowest BCUT2D eigenvalue weighted by atomic mass is 9.91. The van der Waals surface area contributed by atoms with Crippen LogP contribution in [0.15, 0.2) is 108 Å². The number of carbonyl (C=O) groups is 1. The quantitative estimate of drug-likeness (QED) is 0.0934. The number of aliphatic carboxylic acids is 1. The van der Waals surface area contributed by atoms with Crippen LogP contribution < -0.4 is 14.2 Å². The molecule has 3 aromatic heterocycles. The Morgan fingerprint density at radius 1 is 1.00 bits per heavy atom. The maximum atomic E-state index is 13.1. The number of carboxylic acids is 1. The number of hydrogen-bond donors (Lipinski definition) is 1. The number of sulfone groups is 1. The van der Waals surface area contributed by atoms with Crippen LogP contribution in [0.2, 0.25) is 5.02 Å². The molecule has 4 heterocycles. The number of allylic oxidation sites excluding steroid dienone is 2. The van der Waals surface area contributed by atoms with Crippen molar-refractivity contribution < 1.29 is 37.3 Å². The molecular formula is C48H49ClN6O8S2. The monoisotopic (exact) mass is 936 g/mol. The van der Waals surface area contributed by atoms with E-state index in [-0.39, 0.29) is 29.6 Å². The maximum absolute atomic E-state index is 13.1. The fraction of sp³-hybridized carbons (Fsp3) is 0.312. The Labute approximate surface area is 387 Å². The minimum atomic E-state index is -3.54. The van der Waals surface area contributed by atoms with Gasteiger partial charge in [-0.05, 0) is 73.0 Å². The summed E-state index contributed by atoms with van der Waals surface area (Å²) in [4.78, 5) is 31.8. The van der Waals surface area contributed by atoms with Crippen molar-refractivity contribution in [1.82, 2.24) is 29.1 Å². The lowest BCUT2D eigenvalue weighted by Gasteiger charge is -2.32. The van der Waals surface area contributed by atoms with Crippen LogP contribution in [-0.2, 0) is 26.0 Å². The Hall–Kier alpha value is -5.75. The standard InChI is InChI=1S/C48H49ClN6O8S2/c1-30-35(16-17-38(44(30)49)61-25-24-55-22-20-54(2)21-23-55)42-43-40(28-51-45(42)32-11-9-12-34(26-32)60-3)64-53-47(43)63-39(48(56)57)27-31-10-5-7-14-37(31)62-29-33-18-19-50-46(52-33)36-13-6-8-15-41(36)65(4,58)59/h5-19,26,28,31,37,39H,20-25,27,29H2,1-4H3,(H,56,57). The minimum absolute atomic E-state index is 0.0464. The number of aromatic nitrogens is 4. The van der Waals surface area contributed by atoms with Crippen LogP contribution in [0.4, 0.5) is 0 Å². The van der Waals surface area contributed by atoms with Crippen LogP contribution in [0.1, 0.15) is 17.7 Å². The molecule has 338 valence electrons. The summed E-state index contributed by atoms with van der Waals surface area (Å²) in [5, 5.41) is 11.7. The molecular weight excluding hydrogens is 888 g/mol. The number of methoxy groups -OCH3 is 1. The van der Waals surface area contributed by atoms with Crippen LogP contribution in [0.25, 0.3) is 43.9 Å². The molecule has 0 bridgehead atoms. The second kappa shape index (κ2) is 20.2. The van der Waals surface area contributed by atoms with Crippen LogP contribution in [0.5, 0.6) is 17.4 Å². The van der Waals surface area contributed by atoms with Crippen molar-refractivity contribution in [1.29, 1.82) is 0 Å². The molecule has 65 heavy (non-hydrogen) atoms. The SMILES string of the molecule is COc1cccc(-c2ncc3snc(OC(CC4C=CC=CC4OCc4ccnc(-c5ccccc5S(C)(=O)=O)n4)C(=O)O)c3c2-c2ccc(OCCN3CCN(C)CC3)c(Cl)c2C)c1. The number of carboxylic acid groups (broad SMARTS) is 1. The van der Waals surface area contributed by atoms with E-state index in [1.807, 2.05) is 67.6 Å². The fourth-order valence-electron chi connectivity index (χ4n) is 8.01. The zero-order chi connectivity index (χ0) is 45.7. The number of halogens is 1. The van der Waals surface area contributed by atoms with Crippen molar-refractivity contribution in [3.05, 3.63) is 120 Å². The number of hydrogen-bond acceptors (Lipinski definition) is 14. The highest BCUT2D eigenvalue weighted by Crippen LogP contribution is 2.46. The van der Waals surface area contributed by atoms with Gasteiger partial charge in [-0.3, -0.25) is 9.88 Å². The molecule has 17 heteroatoms. The number of pyridine rings is 1. The summed E-state index contributed by atoms with van der Waals surface area (Å²) in [6.07, 6.45) is 10.1. The van der Waals surface area contributed by atoms with Crippen molar-refractivity contribution in [3.8, 4) is 51.2 Å². The zero-order valence-electron chi connectivity index (χ0n) is 36.4. The molecule has 1 N–H and O–H groups in total. The van der Waals surface area contributed by atoms with E-state index in [0.717, 1.165) is 67.2 Å². The van der Waals surface area contributed by atoms with Gasteiger partial charge in [-0.15, -0.1) is 0 Å². The molecule has 1 fully saturated rings. The molecule has 3 aromatic carbocycles. The highest BCUT2D eigenvalue weighted by molar-refractivity contribution is 7.90. The molecule has 3 atom stereocenters. The predicted octanol–water partition coefficient (Wildman–Crippen LogP) is 8.03. The summed E-state index contributed by atoms with van der Waals surface area (Å²) in [6, 6.07) is 19.6. The van der Waals surface area contributed by atoms with Gasteiger partial charge in [0, 0.05) is 80.4 Å². The molecule has 6 aromatic rings. The Balaban J connectivity index is 1.07. The molecule has 0 amide bonds. The van der Waals surface area contributed by atoms with Crippen LogP contribution in [0.3, 0.4) is 0 Å². The Kier molecular flexibility index (Phi) is 14.2. The van der Waals surface area contributed by atoms with E-state index in [0.29, 0.717) is 55.7 Å². The summed E-state index contributed by atoms with van der Waals surface area (Å²) >= 11 is 8.27. The summed E-state index contributed by atoms with van der Waals surface area (Å²) in [7, 11) is 0.196. The van der Waals surface area contributed by atoms with E-state index in [4.69, 9.17) is 35.5 Å². The first-order valence-electron chi connectivity index (χ1n) is 21.1. The van der Waals surface area contributed by atoms with Gasteiger partial charge in [0.2, 0.25) is 5.88 Å². The molecule has 1 aliphatic heterocycles. The number of fused-ring (bicyclic) bond motifs is 1. The largest absolute Gasteiger partial charge is 0.497 e. The number of rotatable bonds is 17. The van der Waals surface area contributed by atoms with Gasteiger partial charge in [-0.1, -0.05) is 66.2 Å². The van der Waals surface area contributed by atoms with E-state index in [1.165, 1.54) is 6.07 Å². The van der Waals surface area contributed by atoms with Gasteiger partial charge in [0.15, 0.2) is 21.8 Å². The van der Waals surface area contributed by atoms with E-state index >= 15 is 0 Å². The van der Waals surface area contributed by atoms with Gasteiger partial charge >= 0.3 is 5.97 Å². The smallest absolute Gasteiger partial charge is 0.344 e. The van der Waals surface area contributed by atoms with Gasteiger partial charge in [-0.2, -0.15) is 4.37 Å². The van der Waals surface area contributed by atoms with Gasteiger partial charge < -0.3 is 29.0 Å². The van der Waals surface area contributed by atoms with Gasteiger partial charge in [-0.25, -0.2) is 23.2 Å². The Morgan fingerprint density at radius 2 is 1.80 bits per heavy atom. The third kappa shape index (κ3) is 10.5. The highest BCUT2D eigenvalue weighted by Gasteiger charge is 2.32. The van der Waals surface area contributed by atoms with E-state index < -0.39 is 33.9 Å². The molecule has 0 radical (unpaired) electrons. The Bertz CT molecular complexity index is 2860. The number of nitrogens with zero attached hydrogens (tertiary/aromatic N) is 6. The molecule has 0 saturated carbocycles. The average Bonchev–Trinajstić information content (AvgIpc) is 3.72. The number of piperazine rings is 1. The zero-order valence-corrected chi connectivity index (χ0v) is 38.8. The fourth-order valence-corrected chi connectivity index (χ4v) is 9.81. The maximum Gasteiger partial charge on any atom is 0.344 e. The third-order valence-electron chi connectivity index (χ3n) is 11.6. The van der Waals surface area contributed by atoms with Crippen molar-refractivity contribution in [2.45, 2.75) is 37.1 Å². The predicted molar refractivity (Wildman–Crippen MR) is 252 cm³/mol. The summed E-state index contributed by atoms with van der Waals surface area (Å²) in [5.74, 6) is 0.0387. The van der Waals surface area contributed by atoms with Gasteiger partial charge in [0.1, 0.15) is 18.1 Å². The Morgan fingerprint density at radius 3 is 2.58 bits per heavy atom. The number of ether oxygens (including phenoxy) is 4. The topological polar surface area (TPSA) is 166 Å². The highest BCUT2D eigenvalue weighted by atomic mass is 35.5. The lowest BCUT2D eigenvalue weighted by Crippen LogP contribution is -2.45. The minimum Gasteiger partial charge on any atom is -0.497 e. The molecule has 3 unspecified atom stereocenters. The van der Waals surface area contributed by atoms with Crippen molar-refractivity contribution in [2.75, 3.05) is 59.7 Å². The molecule has 1 saturated heterocycles. The lowest BCUT2D eigenvalue weighted by molar-refractivity contribution is -0.146. The van der Waals surface area contributed by atoms with Crippen LogP contribution >= 0.6 is 23.1 Å². The van der Waals surface area contributed by atoms with E-state index in [1.54, 1.807) is 43.8 Å².